The number of ether oxygens (including phenoxy) is 1. The molecule has 2 aromatic rings. The zero-order chi connectivity index (χ0) is 30.0. The van der Waals surface area contributed by atoms with Gasteiger partial charge in [-0.3, -0.25) is 15.4 Å². The van der Waals surface area contributed by atoms with Crippen molar-refractivity contribution in [3.05, 3.63) is 93.1 Å². The average Bonchev–Trinajstić information content (AvgIpc) is 3.39. The van der Waals surface area contributed by atoms with Crippen molar-refractivity contribution >= 4 is 18.0 Å². The lowest BCUT2D eigenvalue weighted by Crippen LogP contribution is -2.18. The predicted octanol–water partition coefficient (Wildman–Crippen LogP) is 8.57. The van der Waals surface area contributed by atoms with Gasteiger partial charge in [0, 0.05) is 18.0 Å². The molecule has 1 N–H and O–H groups in total. The first-order chi connectivity index (χ1) is 20.8. The Hall–Kier alpha value is -4.08. The van der Waals surface area contributed by atoms with E-state index in [0.29, 0.717) is 18.2 Å². The summed E-state index contributed by atoms with van der Waals surface area (Å²) in [7, 11) is 0. The Morgan fingerprint density at radius 3 is 2.49 bits per heavy atom. The van der Waals surface area contributed by atoms with E-state index in [0.717, 1.165) is 71.5 Å². The number of nitrogens with one attached hydrogen (secondary N) is 1. The van der Waals surface area contributed by atoms with Gasteiger partial charge in [-0.2, -0.15) is 18.3 Å². The van der Waals surface area contributed by atoms with Gasteiger partial charge in [0.2, 0.25) is 0 Å². The van der Waals surface area contributed by atoms with Crippen molar-refractivity contribution in [2.24, 2.45) is 26.2 Å². The fourth-order valence-electron chi connectivity index (χ4n) is 6.29. The topological polar surface area (TPSA) is 70.7 Å². The molecule has 224 valence electrons. The van der Waals surface area contributed by atoms with Gasteiger partial charge < -0.3 is 4.74 Å². The fourth-order valence-corrected chi connectivity index (χ4v) is 6.29. The minimum absolute atomic E-state index is 0.00699. The lowest BCUT2D eigenvalue weighted by molar-refractivity contribution is -0.140. The Kier molecular flexibility index (Phi) is 8.27. The summed E-state index contributed by atoms with van der Waals surface area (Å²) in [4.78, 5) is 9.87. The predicted molar refractivity (Wildman–Crippen MR) is 158 cm³/mol. The Morgan fingerprint density at radius 2 is 1.74 bits per heavy atom. The Bertz CT molecular complexity index is 1560. The van der Waals surface area contributed by atoms with Gasteiger partial charge in [0.05, 0.1) is 29.5 Å². The highest BCUT2D eigenvalue weighted by atomic mass is 19.4. The van der Waals surface area contributed by atoms with Gasteiger partial charge in [-0.25, -0.2) is 4.39 Å². The van der Waals surface area contributed by atoms with Crippen LogP contribution in [0, 0.1) is 11.7 Å². The van der Waals surface area contributed by atoms with E-state index in [1.54, 1.807) is 0 Å². The smallest absolute Gasteiger partial charge is 0.419 e. The third-order valence-electron chi connectivity index (χ3n) is 8.58. The molecular weight excluding hydrogens is 558 g/mol. The quantitative estimate of drug-likeness (QED) is 0.342. The number of alkyl halides is 3. The highest BCUT2D eigenvalue weighted by Gasteiger charge is 2.34. The lowest BCUT2D eigenvalue weighted by atomic mass is 9.78. The molecule has 1 aliphatic carbocycles. The summed E-state index contributed by atoms with van der Waals surface area (Å²) in [6, 6.07) is 10.5. The van der Waals surface area contributed by atoms with Crippen LogP contribution < -0.4 is 10.2 Å². The Labute approximate surface area is 248 Å². The summed E-state index contributed by atoms with van der Waals surface area (Å²) >= 11 is 0. The first-order valence-corrected chi connectivity index (χ1v) is 14.7. The van der Waals surface area contributed by atoms with Crippen molar-refractivity contribution in [3.63, 3.8) is 0 Å². The van der Waals surface area contributed by atoms with E-state index < -0.39 is 17.6 Å². The van der Waals surface area contributed by atoms with E-state index in [2.05, 4.69) is 15.8 Å². The average molecular weight is 592 g/mol. The van der Waals surface area contributed by atoms with Crippen molar-refractivity contribution in [3.8, 4) is 5.75 Å². The zero-order valence-corrected chi connectivity index (χ0v) is 23.9. The van der Waals surface area contributed by atoms with Crippen LogP contribution in [0.5, 0.6) is 5.75 Å². The molecule has 1 fully saturated rings. The van der Waals surface area contributed by atoms with Crippen LogP contribution in [0.25, 0.3) is 5.57 Å². The van der Waals surface area contributed by atoms with E-state index in [9.17, 15) is 17.6 Å². The van der Waals surface area contributed by atoms with Gasteiger partial charge in [0.15, 0.2) is 0 Å². The highest BCUT2D eigenvalue weighted by molar-refractivity contribution is 6.12. The molecule has 1 saturated carbocycles. The third-order valence-corrected chi connectivity index (χ3v) is 8.58. The molecular formula is C33H33F4N5O. The third kappa shape index (κ3) is 6.33. The summed E-state index contributed by atoms with van der Waals surface area (Å²) in [5, 5.41) is 8.07. The number of hydrogen-bond acceptors (Lipinski definition) is 6. The molecule has 0 spiro atoms. The molecule has 1 unspecified atom stereocenters. The highest BCUT2D eigenvalue weighted by Crippen LogP contribution is 2.40. The summed E-state index contributed by atoms with van der Waals surface area (Å²) in [6.45, 7) is 2.46. The molecule has 4 aliphatic rings. The Morgan fingerprint density at radius 1 is 0.953 bits per heavy atom. The zero-order valence-electron chi connectivity index (χ0n) is 23.9. The van der Waals surface area contributed by atoms with Crippen LogP contribution >= 0.6 is 0 Å². The van der Waals surface area contributed by atoms with E-state index in [-0.39, 0.29) is 18.2 Å². The van der Waals surface area contributed by atoms with Gasteiger partial charge >= 0.3 is 6.18 Å². The number of halogens is 4. The monoisotopic (exact) mass is 591 g/mol. The molecule has 6 rings (SSSR count). The van der Waals surface area contributed by atoms with Gasteiger partial charge in [0.1, 0.15) is 18.2 Å². The van der Waals surface area contributed by atoms with Crippen LogP contribution in [0.2, 0.25) is 0 Å². The maximum atomic E-state index is 13.7. The fraction of sp³-hybridized carbons (Fsp3) is 0.394. The number of rotatable bonds is 6. The van der Waals surface area contributed by atoms with Crippen molar-refractivity contribution < 1.29 is 22.3 Å². The molecule has 0 amide bonds. The largest absolute Gasteiger partial charge is 0.489 e. The van der Waals surface area contributed by atoms with Crippen molar-refractivity contribution in [1.82, 2.24) is 5.43 Å². The second-order valence-corrected chi connectivity index (χ2v) is 11.5. The van der Waals surface area contributed by atoms with E-state index in [1.165, 1.54) is 30.9 Å². The minimum atomic E-state index is -4.76. The SMILES string of the molecule is CC1=C(C2=C3N=CC(c4ccc(OCc5ccc(F)c(C(F)(F)F)c5)cc4)=C(C4CCCCC4)CCC3N=C2)NN=NC1. The van der Waals surface area contributed by atoms with Gasteiger partial charge in [-0.1, -0.05) is 48.3 Å². The molecule has 6 nitrogen and oxygen atoms in total. The van der Waals surface area contributed by atoms with Crippen LogP contribution in [0.4, 0.5) is 17.6 Å². The number of nitrogens with zero attached hydrogens (tertiary/aromatic N) is 4. The van der Waals surface area contributed by atoms with Crippen LogP contribution in [-0.2, 0) is 12.8 Å². The first-order valence-electron chi connectivity index (χ1n) is 14.7. The molecule has 2 aromatic carbocycles. The maximum absolute atomic E-state index is 13.7. The van der Waals surface area contributed by atoms with Crippen LogP contribution in [-0.4, -0.2) is 25.0 Å². The first kappa shape index (κ1) is 29.0. The molecule has 1 atom stereocenters. The molecule has 0 bridgehead atoms. The summed E-state index contributed by atoms with van der Waals surface area (Å²) in [5.41, 5.74) is 9.39. The van der Waals surface area contributed by atoms with E-state index in [1.807, 2.05) is 43.6 Å². The normalized spacial score (nSPS) is 21.2. The molecule has 0 radical (unpaired) electrons. The van der Waals surface area contributed by atoms with Crippen molar-refractivity contribution in [1.29, 1.82) is 0 Å². The van der Waals surface area contributed by atoms with Crippen LogP contribution in [0.3, 0.4) is 0 Å². The molecule has 0 saturated heterocycles. The number of hydrogen-bond donors (Lipinski definition) is 1. The van der Waals surface area contributed by atoms with Gasteiger partial charge in [-0.15, -0.1) is 0 Å². The molecule has 10 heteroatoms. The second-order valence-electron chi connectivity index (χ2n) is 11.5. The molecule has 0 aromatic heterocycles. The second kappa shape index (κ2) is 12.3. The van der Waals surface area contributed by atoms with Crippen molar-refractivity contribution in [2.45, 2.75) is 70.7 Å². The molecule has 3 aliphatic heterocycles. The standard InChI is InChI=1S/C33H33F4N5O/c1-20-16-40-42-41-31(20)27-18-38-30-14-12-25(22-5-3-2-4-6-22)26(17-39-32(27)30)23-8-10-24(11-9-23)43-19-21-7-13-29(34)28(15-21)33(35,36)37/h7-11,13,15,17-18,22,30H,2-6,12,14,16,19H2,1H3,(H,40,41). The molecule has 3 heterocycles. The minimum Gasteiger partial charge on any atom is -0.489 e. The number of fused-ring (bicyclic) bond motifs is 1. The van der Waals surface area contributed by atoms with Gasteiger partial charge in [-0.05, 0) is 85.1 Å². The lowest BCUT2D eigenvalue weighted by Gasteiger charge is -2.28. The summed E-state index contributed by atoms with van der Waals surface area (Å²) < 4.78 is 58.8. The van der Waals surface area contributed by atoms with Crippen LogP contribution in [0.15, 0.2) is 90.9 Å². The maximum Gasteiger partial charge on any atom is 0.419 e. The number of allylic oxidation sites excluding steroid dienone is 3. The van der Waals surface area contributed by atoms with Gasteiger partial charge in [0.25, 0.3) is 0 Å². The van der Waals surface area contributed by atoms with E-state index >= 15 is 0 Å². The van der Waals surface area contributed by atoms with Crippen LogP contribution in [0.1, 0.15) is 68.6 Å². The molecule has 43 heavy (non-hydrogen) atoms. The summed E-state index contributed by atoms with van der Waals surface area (Å²) in [5.74, 6) is -0.291. The number of benzene rings is 2. The number of aliphatic imine (C=N–C) groups is 2. The Balaban J connectivity index is 1.28. The summed E-state index contributed by atoms with van der Waals surface area (Å²) in [6.07, 6.45) is 6.93. The van der Waals surface area contributed by atoms with E-state index in [4.69, 9.17) is 14.7 Å². The van der Waals surface area contributed by atoms with Crippen molar-refractivity contribution in [2.75, 3.05) is 6.54 Å².